The van der Waals surface area contributed by atoms with Crippen LogP contribution in [0.2, 0.25) is 0 Å². The molecule has 2 aliphatic rings. The van der Waals surface area contributed by atoms with Crippen molar-refractivity contribution in [1.82, 2.24) is 0 Å². The molecular formula is C12H11F4NO2S. The molecule has 1 saturated carbocycles. The summed E-state index contributed by atoms with van der Waals surface area (Å²) in [7, 11) is -5.46. The van der Waals surface area contributed by atoms with E-state index in [2.05, 4.69) is 0 Å². The number of fused-ring (bicyclic) bond motifs is 3. The maximum absolute atomic E-state index is 13.3. The number of hydrogen-bond donors (Lipinski definition) is 0. The summed E-state index contributed by atoms with van der Waals surface area (Å²) in [6, 6.07) is 3.21. The lowest BCUT2D eigenvalue weighted by Gasteiger charge is -2.34. The summed E-state index contributed by atoms with van der Waals surface area (Å²) in [6.07, 6.45) is 0.563. The van der Waals surface area contributed by atoms with Crippen molar-refractivity contribution < 1.29 is 26.0 Å². The van der Waals surface area contributed by atoms with Crippen molar-refractivity contribution in [2.24, 2.45) is 5.41 Å². The summed E-state index contributed by atoms with van der Waals surface area (Å²) < 4.78 is 75.2. The Labute approximate surface area is 113 Å². The smallest absolute Gasteiger partial charge is 0.262 e. The summed E-state index contributed by atoms with van der Waals surface area (Å²) in [5.74, 6) is -0.655. The SMILES string of the molecule is C[C@@]12C[C@@H]1c1cc(F)ccc1N(S(=O)(=O)C(F)(F)F)C2. The Morgan fingerprint density at radius 2 is 2.00 bits per heavy atom. The van der Waals surface area contributed by atoms with Gasteiger partial charge in [-0.2, -0.15) is 21.6 Å². The van der Waals surface area contributed by atoms with E-state index in [9.17, 15) is 26.0 Å². The molecule has 3 rings (SSSR count). The number of halogens is 4. The Morgan fingerprint density at radius 1 is 1.35 bits per heavy atom. The Bertz CT molecular complexity index is 685. The molecule has 2 atom stereocenters. The fourth-order valence-electron chi connectivity index (χ4n) is 2.85. The molecule has 0 radical (unpaired) electrons. The predicted octanol–water partition coefficient (Wildman–Crippen LogP) is 2.99. The molecule has 1 aliphatic carbocycles. The van der Waals surface area contributed by atoms with Crippen molar-refractivity contribution in [3.8, 4) is 0 Å². The fraction of sp³-hybridized carbons (Fsp3) is 0.500. The lowest BCUT2D eigenvalue weighted by Crippen LogP contribution is -2.45. The molecule has 1 aromatic carbocycles. The Morgan fingerprint density at radius 3 is 2.60 bits per heavy atom. The largest absolute Gasteiger partial charge is 0.516 e. The van der Waals surface area contributed by atoms with Gasteiger partial charge in [-0.15, -0.1) is 0 Å². The van der Waals surface area contributed by atoms with E-state index in [-0.39, 0.29) is 18.2 Å². The van der Waals surface area contributed by atoms with Gasteiger partial charge in [-0.3, -0.25) is 4.31 Å². The highest BCUT2D eigenvalue weighted by atomic mass is 32.2. The third kappa shape index (κ3) is 1.73. The Balaban J connectivity index is 2.17. The zero-order chi connectivity index (χ0) is 14.9. The number of alkyl halides is 3. The second kappa shape index (κ2) is 3.66. The van der Waals surface area contributed by atoms with Crippen molar-refractivity contribution in [2.75, 3.05) is 10.8 Å². The van der Waals surface area contributed by atoms with Crippen LogP contribution in [0.4, 0.5) is 23.2 Å². The van der Waals surface area contributed by atoms with Gasteiger partial charge in [0.05, 0.1) is 5.69 Å². The quantitative estimate of drug-likeness (QED) is 0.748. The number of benzene rings is 1. The highest BCUT2D eigenvalue weighted by molar-refractivity contribution is 7.93. The van der Waals surface area contributed by atoms with Gasteiger partial charge in [0, 0.05) is 6.54 Å². The lowest BCUT2D eigenvalue weighted by atomic mass is 9.95. The normalized spacial score (nSPS) is 28.9. The molecule has 0 saturated heterocycles. The second-order valence-electron chi connectivity index (χ2n) is 5.57. The summed E-state index contributed by atoms with van der Waals surface area (Å²) in [4.78, 5) is 0. The fourth-order valence-corrected chi connectivity index (χ4v) is 3.99. The third-order valence-corrected chi connectivity index (χ3v) is 5.56. The van der Waals surface area contributed by atoms with Crippen LogP contribution < -0.4 is 4.31 Å². The van der Waals surface area contributed by atoms with Crippen molar-refractivity contribution in [2.45, 2.75) is 24.8 Å². The summed E-state index contributed by atoms with van der Waals surface area (Å²) >= 11 is 0. The van der Waals surface area contributed by atoms with Crippen LogP contribution in [-0.4, -0.2) is 20.5 Å². The molecule has 1 fully saturated rings. The number of sulfonamides is 1. The number of hydrogen-bond acceptors (Lipinski definition) is 2. The van der Waals surface area contributed by atoms with Gasteiger partial charge in [-0.1, -0.05) is 6.92 Å². The maximum atomic E-state index is 13.3. The van der Waals surface area contributed by atoms with E-state index in [0.717, 1.165) is 18.2 Å². The molecule has 0 amide bonds. The van der Waals surface area contributed by atoms with Gasteiger partial charge in [0.25, 0.3) is 0 Å². The van der Waals surface area contributed by atoms with Gasteiger partial charge in [-0.05, 0) is 41.5 Å². The molecule has 0 bridgehead atoms. The maximum Gasteiger partial charge on any atom is 0.516 e. The Hall–Kier alpha value is -1.31. The molecular weight excluding hydrogens is 298 g/mol. The van der Waals surface area contributed by atoms with Gasteiger partial charge in [0.1, 0.15) is 5.82 Å². The first-order valence-electron chi connectivity index (χ1n) is 5.95. The van der Waals surface area contributed by atoms with Crippen molar-refractivity contribution in [1.29, 1.82) is 0 Å². The highest BCUT2D eigenvalue weighted by Crippen LogP contribution is 2.64. The van der Waals surface area contributed by atoms with Crippen molar-refractivity contribution in [3.05, 3.63) is 29.6 Å². The number of nitrogens with zero attached hydrogens (tertiary/aromatic N) is 1. The van der Waals surface area contributed by atoms with E-state index in [1.54, 1.807) is 6.92 Å². The van der Waals surface area contributed by atoms with Gasteiger partial charge in [0.15, 0.2) is 0 Å². The summed E-state index contributed by atoms with van der Waals surface area (Å²) in [5, 5.41) is 0. The van der Waals surface area contributed by atoms with Crippen LogP contribution in [0.1, 0.15) is 24.8 Å². The van der Waals surface area contributed by atoms with E-state index < -0.39 is 26.8 Å². The topological polar surface area (TPSA) is 37.4 Å². The van der Waals surface area contributed by atoms with E-state index in [1.165, 1.54) is 0 Å². The van der Waals surface area contributed by atoms with Gasteiger partial charge in [-0.25, -0.2) is 4.39 Å². The van der Waals surface area contributed by atoms with Crippen LogP contribution in [0.3, 0.4) is 0 Å². The van der Waals surface area contributed by atoms with Crippen LogP contribution >= 0.6 is 0 Å². The molecule has 0 N–H and O–H groups in total. The summed E-state index contributed by atoms with van der Waals surface area (Å²) in [5.41, 5.74) is -5.63. The molecule has 20 heavy (non-hydrogen) atoms. The van der Waals surface area contributed by atoms with Crippen LogP contribution in [0, 0.1) is 11.2 Å². The average Bonchev–Trinajstić information content (AvgIpc) is 2.99. The van der Waals surface area contributed by atoms with Gasteiger partial charge >= 0.3 is 15.5 Å². The predicted molar refractivity (Wildman–Crippen MR) is 64.2 cm³/mol. The molecule has 110 valence electrons. The summed E-state index contributed by atoms with van der Waals surface area (Å²) in [6.45, 7) is 1.49. The molecule has 1 aliphatic heterocycles. The molecule has 1 heterocycles. The van der Waals surface area contributed by atoms with Crippen molar-refractivity contribution >= 4 is 15.7 Å². The molecule has 0 spiro atoms. The first-order valence-corrected chi connectivity index (χ1v) is 7.39. The van der Waals surface area contributed by atoms with Crippen LogP contribution in [0.15, 0.2) is 18.2 Å². The number of anilines is 1. The molecule has 3 nitrogen and oxygen atoms in total. The molecule has 0 unspecified atom stereocenters. The van der Waals surface area contributed by atoms with E-state index in [0.29, 0.717) is 16.3 Å². The van der Waals surface area contributed by atoms with Crippen LogP contribution in [-0.2, 0) is 10.0 Å². The zero-order valence-corrected chi connectivity index (χ0v) is 11.2. The second-order valence-corrected chi connectivity index (χ2v) is 7.43. The minimum Gasteiger partial charge on any atom is -0.262 e. The van der Waals surface area contributed by atoms with Gasteiger partial charge < -0.3 is 0 Å². The third-order valence-electron chi connectivity index (χ3n) is 4.07. The number of rotatable bonds is 1. The van der Waals surface area contributed by atoms with Crippen LogP contribution in [0.25, 0.3) is 0 Å². The van der Waals surface area contributed by atoms with Crippen LogP contribution in [0.5, 0.6) is 0 Å². The molecule has 0 aromatic heterocycles. The Kier molecular flexibility index (Phi) is 2.50. The molecule has 8 heteroatoms. The molecule has 1 aromatic rings. The van der Waals surface area contributed by atoms with E-state index in [4.69, 9.17) is 0 Å². The van der Waals surface area contributed by atoms with Gasteiger partial charge in [0.2, 0.25) is 0 Å². The minimum atomic E-state index is -5.46. The highest BCUT2D eigenvalue weighted by Gasteiger charge is 2.61. The van der Waals surface area contributed by atoms with E-state index in [1.807, 2.05) is 0 Å². The first kappa shape index (κ1) is 13.7. The standard InChI is InChI=1S/C12H11F4NO2S/c1-11-5-9(11)8-4-7(13)2-3-10(8)17(6-11)20(18,19)12(14,15)16/h2-4,9H,5-6H2,1H3/t9-,11+/m1/s1. The zero-order valence-electron chi connectivity index (χ0n) is 10.4. The lowest BCUT2D eigenvalue weighted by molar-refractivity contribution is -0.0439. The van der Waals surface area contributed by atoms with Crippen molar-refractivity contribution in [3.63, 3.8) is 0 Å². The average molecular weight is 309 g/mol. The first-order chi connectivity index (χ1) is 9.06. The monoisotopic (exact) mass is 309 g/mol. The minimum absolute atomic E-state index is 0.0660. The van der Waals surface area contributed by atoms with E-state index >= 15 is 0 Å².